The lowest BCUT2D eigenvalue weighted by molar-refractivity contribution is -0.151. The van der Waals surface area contributed by atoms with Gasteiger partial charge in [-0.05, 0) is 40.4 Å². The van der Waals surface area contributed by atoms with Crippen LogP contribution in [0.4, 0.5) is 5.69 Å². The van der Waals surface area contributed by atoms with Gasteiger partial charge in [-0.3, -0.25) is 9.59 Å². The number of ether oxygens (including phenoxy) is 2. The Hall–Kier alpha value is -5.30. The summed E-state index contributed by atoms with van der Waals surface area (Å²) in [5.74, 6) is -2.75. The molecular weight excluding hydrogens is 494 g/mol. The highest BCUT2D eigenvalue weighted by Gasteiger charge is 2.37. The van der Waals surface area contributed by atoms with Crippen molar-refractivity contribution in [1.82, 2.24) is 0 Å². The van der Waals surface area contributed by atoms with Crippen LogP contribution in [0.25, 0.3) is 21.5 Å². The van der Waals surface area contributed by atoms with Gasteiger partial charge in [0, 0.05) is 22.1 Å². The number of carbonyl (C=O) groups excluding carboxylic acids is 4. The first-order valence-electron chi connectivity index (χ1n) is 12.2. The Bertz CT molecular complexity index is 1760. The Balaban J connectivity index is 1.50. The smallest absolute Gasteiger partial charge is 0.351 e. The lowest BCUT2D eigenvalue weighted by atomic mass is 9.93. The molecule has 5 aromatic carbocycles. The third kappa shape index (κ3) is 4.01. The van der Waals surface area contributed by atoms with E-state index >= 15 is 0 Å². The van der Waals surface area contributed by atoms with E-state index in [0.29, 0.717) is 32.8 Å². The maximum atomic E-state index is 13.8. The van der Waals surface area contributed by atoms with E-state index in [1.54, 1.807) is 72.8 Å². The zero-order valence-electron chi connectivity index (χ0n) is 20.8. The summed E-state index contributed by atoms with van der Waals surface area (Å²) >= 11 is 0. The molecule has 2 amide bonds. The summed E-state index contributed by atoms with van der Waals surface area (Å²) in [6, 6.07) is 29.4. The number of amides is 2. The van der Waals surface area contributed by atoms with Crippen LogP contribution >= 0.6 is 0 Å². The largest absolute Gasteiger partial charge is 0.466 e. The molecule has 39 heavy (non-hydrogen) atoms. The van der Waals surface area contributed by atoms with Crippen molar-refractivity contribution in [3.63, 3.8) is 0 Å². The fourth-order valence-corrected chi connectivity index (χ4v) is 4.98. The lowest BCUT2D eigenvalue weighted by Crippen LogP contribution is -2.41. The van der Waals surface area contributed by atoms with Crippen LogP contribution in [0.3, 0.4) is 0 Å². The van der Waals surface area contributed by atoms with Gasteiger partial charge in [0.25, 0.3) is 11.8 Å². The number of anilines is 1. The minimum Gasteiger partial charge on any atom is -0.466 e. The summed E-state index contributed by atoms with van der Waals surface area (Å²) in [5.41, 5.74) is 1.16. The molecule has 1 aliphatic heterocycles. The summed E-state index contributed by atoms with van der Waals surface area (Å²) in [6.45, 7) is 0. The number of imide groups is 1. The van der Waals surface area contributed by atoms with Crippen molar-refractivity contribution >= 4 is 51.0 Å². The average molecular weight is 516 g/mol. The number of esters is 2. The van der Waals surface area contributed by atoms with Crippen LogP contribution in [0.2, 0.25) is 0 Å². The Morgan fingerprint density at radius 1 is 0.692 bits per heavy atom. The number of fused-ring (bicyclic) bond motifs is 1. The molecule has 0 aliphatic carbocycles. The van der Waals surface area contributed by atoms with E-state index in [2.05, 4.69) is 0 Å². The van der Waals surface area contributed by atoms with Crippen molar-refractivity contribution in [2.24, 2.45) is 0 Å². The van der Waals surface area contributed by atoms with Crippen LogP contribution in [-0.2, 0) is 14.3 Å². The fourth-order valence-electron chi connectivity index (χ4n) is 4.98. The van der Waals surface area contributed by atoms with Gasteiger partial charge >= 0.3 is 11.9 Å². The van der Waals surface area contributed by atoms with Crippen molar-refractivity contribution in [1.29, 1.82) is 0 Å². The molecule has 0 N–H and O–H groups in total. The van der Waals surface area contributed by atoms with Gasteiger partial charge in [0.05, 0.1) is 18.4 Å². The van der Waals surface area contributed by atoms with Crippen LogP contribution in [0.5, 0.6) is 0 Å². The first-order chi connectivity index (χ1) is 19.0. The number of nitrogens with zero attached hydrogens (tertiary/aromatic N) is 1. The van der Waals surface area contributed by atoms with E-state index in [-0.39, 0.29) is 11.3 Å². The van der Waals surface area contributed by atoms with Crippen LogP contribution in [0.1, 0.15) is 42.7 Å². The van der Waals surface area contributed by atoms with E-state index in [9.17, 15) is 19.2 Å². The summed E-state index contributed by atoms with van der Waals surface area (Å²) in [7, 11) is 1.21. The topological polar surface area (TPSA) is 90.0 Å². The first-order valence-corrected chi connectivity index (χ1v) is 12.2. The van der Waals surface area contributed by atoms with E-state index in [1.165, 1.54) is 7.11 Å². The predicted molar refractivity (Wildman–Crippen MR) is 146 cm³/mol. The molecule has 190 valence electrons. The molecular formula is C32H21NO6. The summed E-state index contributed by atoms with van der Waals surface area (Å²) in [6.07, 6.45) is -1.34. The fraction of sp³-hybridized carbons (Fsp3) is 0.0625. The molecule has 1 atom stereocenters. The molecule has 1 aliphatic rings. The quantitative estimate of drug-likeness (QED) is 0.215. The van der Waals surface area contributed by atoms with Gasteiger partial charge < -0.3 is 9.47 Å². The third-order valence-corrected chi connectivity index (χ3v) is 6.84. The van der Waals surface area contributed by atoms with Crippen molar-refractivity contribution < 1.29 is 28.7 Å². The average Bonchev–Trinajstić information content (AvgIpc) is 2.98. The van der Waals surface area contributed by atoms with Gasteiger partial charge in [0.1, 0.15) is 0 Å². The maximum absolute atomic E-state index is 13.8. The second kappa shape index (κ2) is 9.54. The van der Waals surface area contributed by atoms with E-state index < -0.39 is 29.9 Å². The molecule has 7 nitrogen and oxygen atoms in total. The molecule has 0 fully saturated rings. The SMILES string of the molecule is COC(=O)[C@@H](OC(=O)c1cc2ccccc2cc1N1C(=O)c2cccc3cccc(c23)C1=O)c1ccccc1. The van der Waals surface area contributed by atoms with Crippen LogP contribution in [0, 0.1) is 0 Å². The van der Waals surface area contributed by atoms with E-state index in [0.717, 1.165) is 10.3 Å². The predicted octanol–water partition coefficient (Wildman–Crippen LogP) is 5.86. The number of rotatable bonds is 5. The number of methoxy groups -OCH3 is 1. The normalized spacial score (nSPS) is 13.4. The van der Waals surface area contributed by atoms with Gasteiger partial charge in [-0.1, -0.05) is 78.9 Å². The molecule has 0 spiro atoms. The van der Waals surface area contributed by atoms with Crippen LogP contribution in [-0.4, -0.2) is 30.9 Å². The molecule has 0 saturated heterocycles. The molecule has 0 saturated carbocycles. The molecule has 0 unspecified atom stereocenters. The van der Waals surface area contributed by atoms with Crippen molar-refractivity contribution in [2.75, 3.05) is 12.0 Å². The van der Waals surface area contributed by atoms with E-state index in [4.69, 9.17) is 9.47 Å². The Morgan fingerprint density at radius 3 is 1.87 bits per heavy atom. The van der Waals surface area contributed by atoms with Crippen molar-refractivity contribution in [3.8, 4) is 0 Å². The van der Waals surface area contributed by atoms with Crippen molar-refractivity contribution in [2.45, 2.75) is 6.10 Å². The standard InChI is InChI=1S/C32H21NO6/c1-38-32(37)28(20-9-3-2-4-10-20)39-31(36)25-17-21-11-5-6-12-22(21)18-26(25)33-29(34)23-15-7-13-19-14-8-16-24(27(19)23)30(33)35/h2-18,28H,1H3/t28-/m0/s1. The zero-order chi connectivity index (χ0) is 27.1. The zero-order valence-corrected chi connectivity index (χ0v) is 20.8. The second-order valence-corrected chi connectivity index (χ2v) is 9.09. The molecule has 0 radical (unpaired) electrons. The highest BCUT2D eigenvalue weighted by atomic mass is 16.6. The highest BCUT2D eigenvalue weighted by Crippen LogP contribution is 2.37. The number of benzene rings is 5. The maximum Gasteiger partial charge on any atom is 0.351 e. The first kappa shape index (κ1) is 24.1. The van der Waals surface area contributed by atoms with Gasteiger partial charge in [0.2, 0.25) is 6.10 Å². The third-order valence-electron chi connectivity index (χ3n) is 6.84. The summed E-state index contributed by atoms with van der Waals surface area (Å²) in [5, 5.41) is 2.76. The minimum atomic E-state index is -1.34. The lowest BCUT2D eigenvalue weighted by Gasteiger charge is -2.29. The molecule has 6 rings (SSSR count). The highest BCUT2D eigenvalue weighted by molar-refractivity contribution is 6.36. The molecule has 5 aromatic rings. The Labute approximate surface area is 223 Å². The summed E-state index contributed by atoms with van der Waals surface area (Å²) in [4.78, 5) is 54.9. The Kier molecular flexibility index (Phi) is 5.88. The number of hydrogen-bond acceptors (Lipinski definition) is 6. The van der Waals surface area contributed by atoms with Crippen LogP contribution < -0.4 is 4.90 Å². The molecule has 1 heterocycles. The molecule has 0 bridgehead atoms. The monoisotopic (exact) mass is 515 g/mol. The number of hydrogen-bond donors (Lipinski definition) is 0. The van der Waals surface area contributed by atoms with Crippen molar-refractivity contribution in [3.05, 3.63) is 125 Å². The molecule has 0 aromatic heterocycles. The van der Waals surface area contributed by atoms with Gasteiger partial charge in [-0.15, -0.1) is 0 Å². The van der Waals surface area contributed by atoms with Gasteiger partial charge in [-0.25, -0.2) is 14.5 Å². The van der Waals surface area contributed by atoms with Gasteiger partial charge in [0.15, 0.2) is 0 Å². The Morgan fingerprint density at radius 2 is 1.26 bits per heavy atom. The van der Waals surface area contributed by atoms with Crippen LogP contribution in [0.15, 0.2) is 103 Å². The summed E-state index contributed by atoms with van der Waals surface area (Å²) < 4.78 is 10.6. The van der Waals surface area contributed by atoms with E-state index in [1.807, 2.05) is 30.3 Å². The molecule has 7 heteroatoms. The second-order valence-electron chi connectivity index (χ2n) is 9.09. The minimum absolute atomic E-state index is 0.0354. The number of carbonyl (C=O) groups is 4. The van der Waals surface area contributed by atoms with Gasteiger partial charge in [-0.2, -0.15) is 0 Å².